The number of likely N-dealkylation sites (tertiary alicyclic amines) is 1. The summed E-state index contributed by atoms with van der Waals surface area (Å²) in [5.41, 5.74) is 0.278. The number of ether oxygens (including phenoxy) is 1. The molecule has 1 aromatic heterocycles. The van der Waals surface area contributed by atoms with Crippen LogP contribution in [0, 0.1) is 29.0 Å². The van der Waals surface area contributed by atoms with Gasteiger partial charge in [0.2, 0.25) is 0 Å². The van der Waals surface area contributed by atoms with Gasteiger partial charge < -0.3 is 15.0 Å². The maximum atomic E-state index is 14.9. The molecular formula is C31H35FN6O6S. The first kappa shape index (κ1) is 29.9. The molecule has 3 aliphatic heterocycles. The van der Waals surface area contributed by atoms with Gasteiger partial charge in [-0.15, -0.1) is 0 Å². The molecule has 1 aromatic carbocycles. The largest absolute Gasteiger partial charge is 0.381 e. The third kappa shape index (κ3) is 5.00. The van der Waals surface area contributed by atoms with Crippen LogP contribution in [-0.4, -0.2) is 85.0 Å². The van der Waals surface area contributed by atoms with Gasteiger partial charge in [-0.25, -0.2) is 17.5 Å². The number of fused-ring (bicyclic) bond motifs is 2. The Balaban J connectivity index is 1.34. The molecule has 2 aliphatic carbocycles. The van der Waals surface area contributed by atoms with Gasteiger partial charge in [0.15, 0.2) is 15.5 Å². The predicted molar refractivity (Wildman–Crippen MR) is 158 cm³/mol. The lowest BCUT2D eigenvalue weighted by Gasteiger charge is -2.39. The van der Waals surface area contributed by atoms with E-state index in [-0.39, 0.29) is 41.0 Å². The van der Waals surface area contributed by atoms with Gasteiger partial charge in [-0.3, -0.25) is 19.3 Å². The standard InChI is InChI=1S/C31H35FN6O6S/c1-3-36-29-25(27(35-38(29)18-8-10-44-11-9-18)31(41)37-19(15-33)12-17-13-23(17)37)24(16-4-5-16)26(30(36)40)34-28(39)21-14-20(45(2,42)43)6-7-22(21)32/h6-7,14,16-19,23-24,26H,3-5,8-13H2,1-2H3,(H,34,39)/t17-,19-,23+,24-,26-/m0/s1. The third-order valence-electron chi connectivity index (χ3n) is 9.97. The zero-order chi connectivity index (χ0) is 31.8. The lowest BCUT2D eigenvalue weighted by atomic mass is 9.82. The Kier molecular flexibility index (Phi) is 7.24. The molecule has 0 radical (unpaired) electrons. The van der Waals surface area contributed by atoms with Crippen molar-refractivity contribution in [1.29, 1.82) is 5.26 Å². The van der Waals surface area contributed by atoms with Gasteiger partial charge in [0.1, 0.15) is 23.7 Å². The lowest BCUT2D eigenvalue weighted by Crippen LogP contribution is -2.56. The molecule has 5 atom stereocenters. The molecule has 238 valence electrons. The molecule has 1 N–H and O–H groups in total. The number of nitrogens with one attached hydrogen (secondary N) is 1. The molecular weight excluding hydrogens is 603 g/mol. The molecule has 0 bridgehead atoms. The highest BCUT2D eigenvalue weighted by Gasteiger charge is 2.57. The molecule has 4 fully saturated rings. The van der Waals surface area contributed by atoms with Crippen molar-refractivity contribution in [2.75, 3.05) is 30.9 Å². The molecule has 5 aliphatic rings. The number of carbonyl (C=O) groups excluding carboxylic acids is 3. The fourth-order valence-corrected chi connectivity index (χ4v) is 8.13. The molecule has 7 rings (SSSR count). The molecule has 45 heavy (non-hydrogen) atoms. The number of hydrogen-bond donors (Lipinski definition) is 1. The highest BCUT2D eigenvalue weighted by atomic mass is 32.2. The number of nitriles is 1. The highest BCUT2D eigenvalue weighted by molar-refractivity contribution is 7.90. The smallest absolute Gasteiger partial charge is 0.276 e. The number of anilines is 1. The van der Waals surface area contributed by atoms with Crippen LogP contribution in [0.5, 0.6) is 0 Å². The average Bonchev–Trinajstić information content (AvgIpc) is 3.94. The van der Waals surface area contributed by atoms with E-state index >= 15 is 0 Å². The molecule has 0 unspecified atom stereocenters. The van der Waals surface area contributed by atoms with Crippen molar-refractivity contribution in [2.24, 2.45) is 11.8 Å². The summed E-state index contributed by atoms with van der Waals surface area (Å²) in [6, 6.07) is 3.43. The van der Waals surface area contributed by atoms with Crippen molar-refractivity contribution in [3.05, 3.63) is 40.8 Å². The van der Waals surface area contributed by atoms with Crippen molar-refractivity contribution in [1.82, 2.24) is 20.0 Å². The number of carbonyl (C=O) groups is 3. The van der Waals surface area contributed by atoms with Gasteiger partial charge in [-0.1, -0.05) is 0 Å². The van der Waals surface area contributed by atoms with Crippen LogP contribution in [0.4, 0.5) is 10.2 Å². The van der Waals surface area contributed by atoms with E-state index in [2.05, 4.69) is 11.4 Å². The van der Waals surface area contributed by atoms with E-state index in [0.717, 1.165) is 43.7 Å². The van der Waals surface area contributed by atoms with E-state index in [1.165, 1.54) is 4.90 Å². The Labute approximate surface area is 260 Å². The second-order valence-electron chi connectivity index (χ2n) is 12.8. The Hall–Kier alpha value is -3.83. The zero-order valence-corrected chi connectivity index (χ0v) is 25.9. The summed E-state index contributed by atoms with van der Waals surface area (Å²) in [4.78, 5) is 45.2. The van der Waals surface area contributed by atoms with Crippen molar-refractivity contribution in [3.63, 3.8) is 0 Å². The third-order valence-corrected chi connectivity index (χ3v) is 11.1. The van der Waals surface area contributed by atoms with Gasteiger partial charge in [-0.2, -0.15) is 10.4 Å². The van der Waals surface area contributed by atoms with Gasteiger partial charge in [0.05, 0.1) is 22.6 Å². The normalized spacial score (nSPS) is 28.0. The molecule has 4 heterocycles. The first-order valence-electron chi connectivity index (χ1n) is 15.6. The SMILES string of the molecule is CCN1C(=O)[C@@H](NC(=O)c2cc(S(C)(=O)=O)ccc2F)[C@@H](C2CC2)c2c(C(=O)N3[C@H](C#N)C[C@H]4C[C@H]43)nn(C3CCOCC3)c21. The van der Waals surface area contributed by atoms with E-state index in [1.54, 1.807) is 16.5 Å². The Morgan fingerprint density at radius 3 is 2.53 bits per heavy atom. The fraction of sp³-hybridized carbons (Fsp3) is 0.581. The number of aromatic nitrogens is 2. The van der Waals surface area contributed by atoms with Crippen LogP contribution in [0.2, 0.25) is 0 Å². The second-order valence-corrected chi connectivity index (χ2v) is 14.9. The van der Waals surface area contributed by atoms with E-state index in [0.29, 0.717) is 49.8 Å². The Bertz CT molecular complexity index is 1740. The molecule has 12 nitrogen and oxygen atoms in total. The number of piperidine rings is 1. The maximum Gasteiger partial charge on any atom is 0.276 e. The first-order chi connectivity index (χ1) is 21.5. The topological polar surface area (TPSA) is 155 Å². The van der Waals surface area contributed by atoms with Crippen LogP contribution in [-0.2, 0) is 19.4 Å². The van der Waals surface area contributed by atoms with Crippen LogP contribution < -0.4 is 10.2 Å². The van der Waals surface area contributed by atoms with Crippen molar-refractivity contribution < 1.29 is 31.9 Å². The summed E-state index contributed by atoms with van der Waals surface area (Å²) >= 11 is 0. The van der Waals surface area contributed by atoms with Crippen molar-refractivity contribution in [3.8, 4) is 6.07 Å². The van der Waals surface area contributed by atoms with Crippen LogP contribution in [0.1, 0.15) is 83.8 Å². The van der Waals surface area contributed by atoms with Gasteiger partial charge in [-0.05, 0) is 75.5 Å². The average molecular weight is 639 g/mol. The van der Waals surface area contributed by atoms with E-state index < -0.39 is 51.0 Å². The molecule has 14 heteroatoms. The van der Waals surface area contributed by atoms with E-state index in [4.69, 9.17) is 9.84 Å². The number of benzene rings is 1. The minimum atomic E-state index is -3.73. The minimum absolute atomic E-state index is 0.0153. The van der Waals surface area contributed by atoms with Crippen LogP contribution in [0.15, 0.2) is 23.1 Å². The number of amides is 3. The predicted octanol–water partition coefficient (Wildman–Crippen LogP) is 2.56. The zero-order valence-electron chi connectivity index (χ0n) is 25.1. The van der Waals surface area contributed by atoms with E-state index in [9.17, 15) is 32.5 Å². The molecule has 2 saturated heterocycles. The summed E-state index contributed by atoms with van der Waals surface area (Å²) in [5, 5.41) is 17.5. The van der Waals surface area contributed by atoms with Crippen LogP contribution in [0.3, 0.4) is 0 Å². The Morgan fingerprint density at radius 2 is 1.89 bits per heavy atom. The molecule has 0 spiro atoms. The molecule has 2 saturated carbocycles. The maximum absolute atomic E-state index is 14.9. The first-order valence-corrected chi connectivity index (χ1v) is 17.5. The quantitative estimate of drug-likeness (QED) is 0.454. The summed E-state index contributed by atoms with van der Waals surface area (Å²) in [6.07, 6.45) is 5.25. The highest BCUT2D eigenvalue weighted by Crippen LogP contribution is 2.53. The summed E-state index contributed by atoms with van der Waals surface area (Å²) in [7, 11) is -3.73. The number of sulfone groups is 1. The number of rotatable bonds is 7. The minimum Gasteiger partial charge on any atom is -0.381 e. The van der Waals surface area contributed by atoms with Crippen LogP contribution in [0.25, 0.3) is 0 Å². The molecule has 2 aromatic rings. The monoisotopic (exact) mass is 638 g/mol. The number of hydrogen-bond acceptors (Lipinski definition) is 8. The number of likely N-dealkylation sites (N-methyl/N-ethyl adjacent to an activating group) is 1. The summed E-state index contributed by atoms with van der Waals surface area (Å²) in [6.45, 7) is 3.05. The van der Waals surface area contributed by atoms with Crippen molar-refractivity contribution >= 4 is 33.4 Å². The second kappa shape index (κ2) is 10.9. The lowest BCUT2D eigenvalue weighted by molar-refractivity contribution is -0.121. The number of nitrogens with zero attached hydrogens (tertiary/aromatic N) is 5. The van der Waals surface area contributed by atoms with Crippen molar-refractivity contribution in [2.45, 2.75) is 80.4 Å². The summed E-state index contributed by atoms with van der Waals surface area (Å²) in [5.74, 6) is -2.42. The van der Waals surface area contributed by atoms with E-state index in [1.807, 2.05) is 0 Å². The van der Waals surface area contributed by atoms with Crippen LogP contribution >= 0.6 is 0 Å². The van der Waals surface area contributed by atoms with Gasteiger partial charge in [0.25, 0.3) is 17.7 Å². The van der Waals surface area contributed by atoms with Gasteiger partial charge >= 0.3 is 0 Å². The number of halogens is 1. The fourth-order valence-electron chi connectivity index (χ4n) is 7.48. The summed E-state index contributed by atoms with van der Waals surface area (Å²) < 4.78 is 46.6. The Morgan fingerprint density at radius 1 is 1.16 bits per heavy atom. The molecule has 3 amide bonds. The van der Waals surface area contributed by atoms with Gasteiger partial charge in [0, 0.05) is 43.5 Å².